The lowest BCUT2D eigenvalue weighted by molar-refractivity contribution is 0.112. The van der Waals surface area contributed by atoms with Gasteiger partial charge in [0.05, 0.1) is 9.79 Å². The average Bonchev–Trinajstić information content (AvgIpc) is 2.67. The van der Waals surface area contributed by atoms with Gasteiger partial charge in [0.15, 0.2) is 17.9 Å². The second-order valence-corrected chi connectivity index (χ2v) is 7.58. The highest BCUT2D eigenvalue weighted by molar-refractivity contribution is 7.91. The van der Waals surface area contributed by atoms with E-state index in [1.807, 2.05) is 0 Å². The molecule has 3 aromatic rings. The Morgan fingerprint density at radius 3 is 2.30 bits per heavy atom. The van der Waals surface area contributed by atoms with Crippen LogP contribution in [0.25, 0.3) is 0 Å². The van der Waals surface area contributed by atoms with Crippen molar-refractivity contribution in [2.75, 3.05) is 0 Å². The minimum absolute atomic E-state index is 0.0200. The third kappa shape index (κ3) is 4.03. The molecule has 0 saturated heterocycles. The number of sulfone groups is 1. The summed E-state index contributed by atoms with van der Waals surface area (Å²) < 4.78 is 57.1. The highest BCUT2D eigenvalue weighted by Crippen LogP contribution is 2.24. The molecule has 138 valence electrons. The van der Waals surface area contributed by atoms with Gasteiger partial charge in [-0.1, -0.05) is 30.3 Å². The molecule has 0 aliphatic carbocycles. The van der Waals surface area contributed by atoms with Crippen molar-refractivity contribution in [2.45, 2.75) is 16.4 Å². The van der Waals surface area contributed by atoms with Crippen molar-refractivity contribution in [1.29, 1.82) is 0 Å². The summed E-state index contributed by atoms with van der Waals surface area (Å²) in [6.07, 6.45) is 0.492. The van der Waals surface area contributed by atoms with Crippen molar-refractivity contribution < 1.29 is 26.7 Å². The van der Waals surface area contributed by atoms with E-state index in [1.54, 1.807) is 12.1 Å². The van der Waals surface area contributed by atoms with Gasteiger partial charge in [-0.15, -0.1) is 0 Å². The molecule has 0 aliphatic rings. The lowest BCUT2D eigenvalue weighted by Gasteiger charge is -2.09. The van der Waals surface area contributed by atoms with E-state index in [-0.39, 0.29) is 27.7 Å². The molecule has 27 heavy (non-hydrogen) atoms. The second-order valence-electron chi connectivity index (χ2n) is 5.67. The van der Waals surface area contributed by atoms with Gasteiger partial charge < -0.3 is 4.74 Å². The van der Waals surface area contributed by atoms with Crippen LogP contribution in [-0.4, -0.2) is 14.7 Å². The monoisotopic (exact) mass is 388 g/mol. The van der Waals surface area contributed by atoms with Gasteiger partial charge >= 0.3 is 0 Å². The summed E-state index contributed by atoms with van der Waals surface area (Å²) in [5.41, 5.74) is 0.679. The summed E-state index contributed by atoms with van der Waals surface area (Å²) in [7, 11) is -3.85. The van der Waals surface area contributed by atoms with Crippen molar-refractivity contribution in [3.8, 4) is 5.75 Å². The van der Waals surface area contributed by atoms with Gasteiger partial charge in [0, 0.05) is 11.6 Å². The first-order valence-corrected chi connectivity index (χ1v) is 9.36. The molecule has 0 saturated carbocycles. The van der Waals surface area contributed by atoms with Crippen LogP contribution in [0, 0.1) is 11.6 Å². The Balaban J connectivity index is 1.79. The zero-order chi connectivity index (χ0) is 19.4. The predicted octanol–water partition coefficient (Wildman–Crippen LogP) is 4.19. The minimum atomic E-state index is -3.85. The fourth-order valence-electron chi connectivity index (χ4n) is 2.47. The third-order valence-electron chi connectivity index (χ3n) is 3.86. The lowest BCUT2D eigenvalue weighted by Crippen LogP contribution is -2.06. The van der Waals surface area contributed by atoms with E-state index >= 15 is 0 Å². The van der Waals surface area contributed by atoms with Crippen molar-refractivity contribution in [3.05, 3.63) is 89.5 Å². The number of aldehydes is 1. The summed E-state index contributed by atoms with van der Waals surface area (Å²) in [4.78, 5) is 11.0. The van der Waals surface area contributed by atoms with Crippen LogP contribution in [0.15, 0.2) is 76.5 Å². The molecule has 0 aliphatic heterocycles. The van der Waals surface area contributed by atoms with Gasteiger partial charge in [0.25, 0.3) is 0 Å². The standard InChI is InChI=1S/C20H14F2O4S/c21-16-7-10-19(18(22)11-16)26-13-14-5-8-17(9-6-14)27(24,25)20-4-2-1-3-15(20)12-23/h1-12H,13H2. The molecule has 4 nitrogen and oxygen atoms in total. The molecule has 0 atom stereocenters. The summed E-state index contributed by atoms with van der Waals surface area (Å²) in [5, 5.41) is 0. The van der Waals surface area contributed by atoms with Crippen LogP contribution in [0.5, 0.6) is 5.75 Å². The Kier molecular flexibility index (Phi) is 5.32. The van der Waals surface area contributed by atoms with E-state index in [0.29, 0.717) is 11.8 Å². The molecule has 0 fully saturated rings. The molecule has 0 N–H and O–H groups in total. The highest BCUT2D eigenvalue weighted by atomic mass is 32.2. The Hall–Kier alpha value is -3.06. The Morgan fingerprint density at radius 2 is 1.63 bits per heavy atom. The van der Waals surface area contributed by atoms with E-state index in [2.05, 4.69) is 0 Å². The van der Waals surface area contributed by atoms with Crippen LogP contribution in [0.1, 0.15) is 15.9 Å². The second kappa shape index (κ2) is 7.67. The van der Waals surface area contributed by atoms with Gasteiger partial charge in [-0.05, 0) is 35.9 Å². The number of carbonyl (C=O) groups is 1. The molecule has 0 unspecified atom stereocenters. The molecule has 0 spiro atoms. The van der Waals surface area contributed by atoms with E-state index in [1.165, 1.54) is 42.5 Å². The van der Waals surface area contributed by atoms with E-state index in [9.17, 15) is 22.0 Å². The van der Waals surface area contributed by atoms with Crippen LogP contribution >= 0.6 is 0 Å². The fourth-order valence-corrected chi connectivity index (χ4v) is 3.90. The summed E-state index contributed by atoms with van der Waals surface area (Å²) in [6.45, 7) is -0.0200. The number of hydrogen-bond acceptors (Lipinski definition) is 4. The Morgan fingerprint density at radius 1 is 0.926 bits per heavy atom. The minimum Gasteiger partial charge on any atom is -0.486 e. The van der Waals surface area contributed by atoms with Crippen LogP contribution in [0.4, 0.5) is 8.78 Å². The number of carbonyl (C=O) groups excluding carboxylic acids is 1. The average molecular weight is 388 g/mol. The number of benzene rings is 3. The van der Waals surface area contributed by atoms with Crippen molar-refractivity contribution >= 4 is 16.1 Å². The van der Waals surface area contributed by atoms with E-state index in [4.69, 9.17) is 4.74 Å². The molecule has 0 amide bonds. The normalized spacial score (nSPS) is 11.2. The topological polar surface area (TPSA) is 60.4 Å². The van der Waals surface area contributed by atoms with Gasteiger partial charge in [-0.2, -0.15) is 0 Å². The van der Waals surface area contributed by atoms with E-state index in [0.717, 1.165) is 12.1 Å². The molecule has 0 radical (unpaired) electrons. The maximum atomic E-state index is 13.6. The van der Waals surface area contributed by atoms with Gasteiger partial charge in [-0.25, -0.2) is 17.2 Å². The Bertz CT molecular complexity index is 1080. The summed E-state index contributed by atoms with van der Waals surface area (Å²) in [6, 6.07) is 14.7. The largest absolute Gasteiger partial charge is 0.486 e. The lowest BCUT2D eigenvalue weighted by atomic mass is 10.2. The van der Waals surface area contributed by atoms with Crippen LogP contribution < -0.4 is 4.74 Å². The smallest absolute Gasteiger partial charge is 0.207 e. The molecular weight excluding hydrogens is 374 g/mol. The molecular formula is C20H14F2O4S. The predicted molar refractivity (Wildman–Crippen MR) is 94.4 cm³/mol. The van der Waals surface area contributed by atoms with Crippen LogP contribution in [0.3, 0.4) is 0 Å². The van der Waals surface area contributed by atoms with Gasteiger partial charge in [0.2, 0.25) is 9.84 Å². The van der Waals surface area contributed by atoms with E-state index < -0.39 is 21.5 Å². The van der Waals surface area contributed by atoms with Crippen molar-refractivity contribution in [2.24, 2.45) is 0 Å². The number of rotatable bonds is 6. The quantitative estimate of drug-likeness (QED) is 0.594. The summed E-state index contributed by atoms with van der Waals surface area (Å²) >= 11 is 0. The molecule has 0 aromatic heterocycles. The summed E-state index contributed by atoms with van der Waals surface area (Å²) in [5.74, 6) is -1.63. The highest BCUT2D eigenvalue weighted by Gasteiger charge is 2.20. The van der Waals surface area contributed by atoms with Gasteiger partial charge in [-0.3, -0.25) is 4.79 Å². The van der Waals surface area contributed by atoms with Crippen molar-refractivity contribution in [3.63, 3.8) is 0 Å². The van der Waals surface area contributed by atoms with Crippen molar-refractivity contribution in [1.82, 2.24) is 0 Å². The molecule has 0 heterocycles. The number of ether oxygens (including phenoxy) is 1. The Labute approximate surface area is 155 Å². The van der Waals surface area contributed by atoms with Crippen LogP contribution in [0.2, 0.25) is 0 Å². The fraction of sp³-hybridized carbons (Fsp3) is 0.0500. The molecule has 7 heteroatoms. The first kappa shape index (κ1) is 18.7. The maximum Gasteiger partial charge on any atom is 0.207 e. The zero-order valence-corrected chi connectivity index (χ0v) is 14.7. The number of halogens is 2. The molecule has 0 bridgehead atoms. The third-order valence-corrected chi connectivity index (χ3v) is 5.70. The maximum absolute atomic E-state index is 13.6. The SMILES string of the molecule is O=Cc1ccccc1S(=O)(=O)c1ccc(COc2ccc(F)cc2F)cc1. The first-order valence-electron chi connectivity index (χ1n) is 7.88. The zero-order valence-electron chi connectivity index (χ0n) is 13.9. The molecule has 3 aromatic carbocycles. The first-order chi connectivity index (χ1) is 12.9. The van der Waals surface area contributed by atoms with Crippen LogP contribution in [-0.2, 0) is 16.4 Å². The van der Waals surface area contributed by atoms with Gasteiger partial charge in [0.1, 0.15) is 12.4 Å². The number of hydrogen-bond donors (Lipinski definition) is 0. The molecule has 3 rings (SSSR count).